The van der Waals surface area contributed by atoms with Crippen LogP contribution in [0.2, 0.25) is 0 Å². The molecule has 1 atom stereocenters. The van der Waals surface area contributed by atoms with Crippen molar-refractivity contribution in [3.8, 4) is 0 Å². The summed E-state index contributed by atoms with van der Waals surface area (Å²) in [6, 6.07) is -0.160. The van der Waals surface area contributed by atoms with Crippen molar-refractivity contribution in [1.29, 1.82) is 0 Å². The van der Waals surface area contributed by atoms with Crippen molar-refractivity contribution < 1.29 is 14.6 Å². The van der Waals surface area contributed by atoms with Crippen LogP contribution < -0.4 is 0 Å². The fraction of sp³-hybridized carbons (Fsp3) is 0.875. The number of amides is 1. The highest BCUT2D eigenvalue weighted by Gasteiger charge is 2.31. The minimum Gasteiger partial charge on any atom is -0.447 e. The van der Waals surface area contributed by atoms with E-state index >= 15 is 0 Å². The number of carbonyl (C=O) groups is 1. The highest BCUT2D eigenvalue weighted by atomic mass is 16.6. The highest BCUT2D eigenvalue weighted by molar-refractivity contribution is 5.70. The minimum absolute atomic E-state index is 0.0286. The molecule has 1 saturated heterocycles. The van der Waals surface area contributed by atoms with Crippen molar-refractivity contribution in [2.45, 2.75) is 6.04 Å². The number of likely N-dealkylation sites (N-methyl/N-ethyl adjacent to an activating group) is 1. The van der Waals surface area contributed by atoms with Crippen molar-refractivity contribution in [2.75, 3.05) is 40.4 Å². The van der Waals surface area contributed by atoms with Crippen molar-refractivity contribution in [1.82, 2.24) is 9.80 Å². The Morgan fingerprint density at radius 2 is 2.38 bits per heavy atom. The molecule has 5 nitrogen and oxygen atoms in total. The summed E-state index contributed by atoms with van der Waals surface area (Å²) < 4.78 is 4.81. The third-order valence-corrected chi connectivity index (χ3v) is 2.07. The molecule has 1 unspecified atom stereocenters. The molecule has 1 aliphatic rings. The van der Waals surface area contributed by atoms with E-state index in [0.717, 1.165) is 6.54 Å². The second-order valence-electron chi connectivity index (χ2n) is 3.41. The van der Waals surface area contributed by atoms with Crippen LogP contribution in [0.5, 0.6) is 0 Å². The zero-order valence-electron chi connectivity index (χ0n) is 8.06. The monoisotopic (exact) mass is 188 g/mol. The van der Waals surface area contributed by atoms with Crippen molar-refractivity contribution in [2.24, 2.45) is 0 Å². The molecule has 76 valence electrons. The molecule has 13 heavy (non-hydrogen) atoms. The third kappa shape index (κ3) is 2.57. The van der Waals surface area contributed by atoms with Gasteiger partial charge in [-0.2, -0.15) is 0 Å². The summed E-state index contributed by atoms with van der Waals surface area (Å²) in [6.07, 6.45) is -0.319. The van der Waals surface area contributed by atoms with Gasteiger partial charge in [0.25, 0.3) is 0 Å². The van der Waals surface area contributed by atoms with Crippen LogP contribution in [-0.2, 0) is 4.74 Å². The van der Waals surface area contributed by atoms with Crippen molar-refractivity contribution in [3.05, 3.63) is 0 Å². The number of nitrogens with zero attached hydrogens (tertiary/aromatic N) is 2. The molecule has 5 heteroatoms. The number of aliphatic hydroxyl groups excluding tert-OH is 1. The van der Waals surface area contributed by atoms with Gasteiger partial charge in [0.05, 0.1) is 12.6 Å². The van der Waals surface area contributed by atoms with Gasteiger partial charge < -0.3 is 14.7 Å². The Balaban J connectivity index is 2.40. The second kappa shape index (κ2) is 4.43. The van der Waals surface area contributed by atoms with E-state index in [1.807, 2.05) is 19.0 Å². The Morgan fingerprint density at radius 1 is 1.69 bits per heavy atom. The largest absolute Gasteiger partial charge is 0.447 e. The summed E-state index contributed by atoms with van der Waals surface area (Å²) in [7, 11) is 3.88. The van der Waals surface area contributed by atoms with Crippen LogP contribution in [0.15, 0.2) is 0 Å². The molecular weight excluding hydrogens is 172 g/mol. The SMILES string of the molecule is CN(C)CCN1C(=O)OCC1CO. The summed E-state index contributed by atoms with van der Waals surface area (Å²) in [5.74, 6) is 0. The fourth-order valence-electron chi connectivity index (χ4n) is 1.22. The summed E-state index contributed by atoms with van der Waals surface area (Å²) >= 11 is 0. The number of ether oxygens (including phenoxy) is 1. The van der Waals surface area contributed by atoms with Crippen LogP contribution in [0.1, 0.15) is 0 Å². The van der Waals surface area contributed by atoms with E-state index in [-0.39, 0.29) is 18.7 Å². The lowest BCUT2D eigenvalue weighted by Crippen LogP contribution is -2.40. The zero-order chi connectivity index (χ0) is 9.84. The van der Waals surface area contributed by atoms with E-state index in [4.69, 9.17) is 9.84 Å². The maximum atomic E-state index is 11.1. The first-order valence-electron chi connectivity index (χ1n) is 4.34. The van der Waals surface area contributed by atoms with Gasteiger partial charge >= 0.3 is 6.09 Å². The molecule has 1 aliphatic heterocycles. The van der Waals surface area contributed by atoms with E-state index in [1.165, 1.54) is 0 Å². The summed E-state index contributed by atoms with van der Waals surface area (Å²) in [5.41, 5.74) is 0. The molecule has 1 N–H and O–H groups in total. The maximum absolute atomic E-state index is 11.1. The quantitative estimate of drug-likeness (QED) is 0.637. The van der Waals surface area contributed by atoms with Crippen LogP contribution >= 0.6 is 0 Å². The van der Waals surface area contributed by atoms with E-state index < -0.39 is 0 Å². The molecule has 0 bridgehead atoms. The Morgan fingerprint density at radius 3 is 2.92 bits per heavy atom. The molecule has 1 amide bonds. The van der Waals surface area contributed by atoms with Gasteiger partial charge in [0.2, 0.25) is 0 Å². The lowest BCUT2D eigenvalue weighted by atomic mass is 10.3. The molecule has 0 aromatic heterocycles. The molecule has 0 aliphatic carbocycles. The van der Waals surface area contributed by atoms with Gasteiger partial charge in [-0.15, -0.1) is 0 Å². The molecule has 1 fully saturated rings. The van der Waals surface area contributed by atoms with Gasteiger partial charge in [0.1, 0.15) is 6.61 Å². The molecule has 0 radical (unpaired) electrons. The average molecular weight is 188 g/mol. The topological polar surface area (TPSA) is 53.0 Å². The summed E-state index contributed by atoms with van der Waals surface area (Å²) in [6.45, 7) is 1.67. The van der Waals surface area contributed by atoms with Crippen LogP contribution in [0.25, 0.3) is 0 Å². The number of aliphatic hydroxyl groups is 1. The zero-order valence-corrected chi connectivity index (χ0v) is 8.06. The Hall–Kier alpha value is -0.810. The number of cyclic esters (lactones) is 1. The standard InChI is InChI=1S/C8H16N2O3/c1-9(2)3-4-10-7(5-11)6-13-8(10)12/h7,11H,3-6H2,1-2H3. The predicted octanol–water partition coefficient (Wildman–Crippen LogP) is -0.639. The van der Waals surface area contributed by atoms with E-state index in [9.17, 15) is 4.79 Å². The van der Waals surface area contributed by atoms with E-state index in [1.54, 1.807) is 4.90 Å². The molecule has 1 heterocycles. The van der Waals surface area contributed by atoms with Crippen molar-refractivity contribution >= 4 is 6.09 Å². The smallest absolute Gasteiger partial charge is 0.410 e. The lowest BCUT2D eigenvalue weighted by Gasteiger charge is -2.21. The van der Waals surface area contributed by atoms with Gasteiger partial charge in [-0.05, 0) is 14.1 Å². The van der Waals surface area contributed by atoms with Gasteiger partial charge in [-0.1, -0.05) is 0 Å². The number of hydrogen-bond donors (Lipinski definition) is 1. The van der Waals surface area contributed by atoms with Gasteiger partial charge in [0.15, 0.2) is 0 Å². The molecule has 0 aromatic rings. The molecule has 1 rings (SSSR count). The van der Waals surface area contributed by atoms with Crippen molar-refractivity contribution in [3.63, 3.8) is 0 Å². The Kier molecular flexibility index (Phi) is 3.50. The molecule has 0 spiro atoms. The maximum Gasteiger partial charge on any atom is 0.410 e. The summed E-state index contributed by atoms with van der Waals surface area (Å²) in [4.78, 5) is 14.7. The number of rotatable bonds is 4. The van der Waals surface area contributed by atoms with Gasteiger partial charge in [0, 0.05) is 13.1 Å². The minimum atomic E-state index is -0.319. The first-order chi connectivity index (χ1) is 6.15. The highest BCUT2D eigenvalue weighted by Crippen LogP contribution is 2.10. The molecule has 0 aromatic carbocycles. The van der Waals surface area contributed by atoms with Crippen LogP contribution in [0, 0.1) is 0 Å². The van der Waals surface area contributed by atoms with Crippen LogP contribution in [0.4, 0.5) is 4.79 Å². The number of carbonyl (C=O) groups excluding carboxylic acids is 1. The van der Waals surface area contributed by atoms with Gasteiger partial charge in [-0.25, -0.2) is 4.79 Å². The van der Waals surface area contributed by atoms with E-state index in [0.29, 0.717) is 13.2 Å². The van der Waals surface area contributed by atoms with Crippen LogP contribution in [-0.4, -0.2) is 67.4 Å². The fourth-order valence-corrected chi connectivity index (χ4v) is 1.22. The number of hydrogen-bond acceptors (Lipinski definition) is 4. The molecular formula is C8H16N2O3. The Labute approximate surface area is 77.9 Å². The first kappa shape index (κ1) is 10.3. The molecule has 0 saturated carbocycles. The predicted molar refractivity (Wildman–Crippen MR) is 47.5 cm³/mol. The van der Waals surface area contributed by atoms with E-state index in [2.05, 4.69) is 0 Å². The normalized spacial score (nSPS) is 22.6. The second-order valence-corrected chi connectivity index (χ2v) is 3.41. The Bertz CT molecular complexity index is 184. The average Bonchev–Trinajstić information content (AvgIpc) is 2.43. The third-order valence-electron chi connectivity index (χ3n) is 2.07. The lowest BCUT2D eigenvalue weighted by molar-refractivity contribution is 0.149. The van der Waals surface area contributed by atoms with Gasteiger partial charge in [-0.3, -0.25) is 4.90 Å². The van der Waals surface area contributed by atoms with Crippen LogP contribution in [0.3, 0.4) is 0 Å². The first-order valence-corrected chi connectivity index (χ1v) is 4.34. The summed E-state index contributed by atoms with van der Waals surface area (Å²) in [5, 5.41) is 8.93.